The van der Waals surface area contributed by atoms with Crippen LogP contribution in [0.2, 0.25) is 0 Å². The SMILES string of the molecule is O=C(c1ccc(OCc2ccccc2)cc1)N1CCC(NCC2CC2)CC1. The second kappa shape index (κ2) is 8.57. The topological polar surface area (TPSA) is 41.6 Å². The van der Waals surface area contributed by atoms with Gasteiger partial charge in [0.25, 0.3) is 5.91 Å². The number of piperidine rings is 1. The number of nitrogens with zero attached hydrogens (tertiary/aromatic N) is 1. The maximum Gasteiger partial charge on any atom is 0.253 e. The molecule has 0 bridgehead atoms. The summed E-state index contributed by atoms with van der Waals surface area (Å²) in [4.78, 5) is 14.7. The minimum absolute atomic E-state index is 0.130. The molecule has 0 spiro atoms. The van der Waals surface area contributed by atoms with Gasteiger partial charge in [-0.15, -0.1) is 0 Å². The van der Waals surface area contributed by atoms with Crippen LogP contribution in [0.25, 0.3) is 0 Å². The highest BCUT2D eigenvalue weighted by Gasteiger charge is 2.26. The number of hydrogen-bond donors (Lipinski definition) is 1. The normalized spacial score (nSPS) is 17.7. The smallest absolute Gasteiger partial charge is 0.253 e. The second-order valence-corrected chi connectivity index (χ2v) is 7.72. The lowest BCUT2D eigenvalue weighted by Crippen LogP contribution is -2.45. The third-order valence-corrected chi connectivity index (χ3v) is 5.52. The fourth-order valence-electron chi connectivity index (χ4n) is 3.56. The van der Waals surface area contributed by atoms with Crippen LogP contribution < -0.4 is 10.1 Å². The lowest BCUT2D eigenvalue weighted by Gasteiger charge is -2.32. The fourth-order valence-corrected chi connectivity index (χ4v) is 3.56. The largest absolute Gasteiger partial charge is 0.489 e. The lowest BCUT2D eigenvalue weighted by molar-refractivity contribution is 0.0705. The number of carbonyl (C=O) groups excluding carboxylic acids is 1. The summed E-state index contributed by atoms with van der Waals surface area (Å²) in [6, 6.07) is 18.2. The zero-order chi connectivity index (χ0) is 18.5. The van der Waals surface area contributed by atoms with Crippen molar-refractivity contribution in [3.63, 3.8) is 0 Å². The number of ether oxygens (including phenoxy) is 1. The van der Waals surface area contributed by atoms with E-state index in [2.05, 4.69) is 5.32 Å². The van der Waals surface area contributed by atoms with Crippen LogP contribution >= 0.6 is 0 Å². The van der Waals surface area contributed by atoms with Crippen LogP contribution in [-0.2, 0) is 6.61 Å². The van der Waals surface area contributed by atoms with Crippen LogP contribution in [0.15, 0.2) is 54.6 Å². The van der Waals surface area contributed by atoms with Gasteiger partial charge in [-0.2, -0.15) is 0 Å². The predicted octanol–water partition coefficient (Wildman–Crippen LogP) is 3.87. The summed E-state index contributed by atoms with van der Waals surface area (Å²) in [7, 11) is 0. The second-order valence-electron chi connectivity index (χ2n) is 7.72. The Kier molecular flexibility index (Phi) is 5.73. The van der Waals surface area contributed by atoms with Crippen LogP contribution in [0.3, 0.4) is 0 Å². The molecule has 4 nitrogen and oxygen atoms in total. The average Bonchev–Trinajstić information content (AvgIpc) is 3.56. The number of amides is 1. The maximum atomic E-state index is 12.7. The molecule has 27 heavy (non-hydrogen) atoms. The van der Waals surface area contributed by atoms with Crippen molar-refractivity contribution in [3.05, 3.63) is 65.7 Å². The van der Waals surface area contributed by atoms with Gasteiger partial charge in [-0.05, 0) is 68.0 Å². The van der Waals surface area contributed by atoms with Crippen molar-refractivity contribution >= 4 is 5.91 Å². The summed E-state index contributed by atoms with van der Waals surface area (Å²) in [6.07, 6.45) is 4.87. The van der Waals surface area contributed by atoms with Gasteiger partial charge in [-0.3, -0.25) is 4.79 Å². The van der Waals surface area contributed by atoms with E-state index in [0.29, 0.717) is 12.6 Å². The number of likely N-dealkylation sites (tertiary alicyclic amines) is 1. The molecule has 2 aromatic carbocycles. The molecule has 2 fully saturated rings. The Balaban J connectivity index is 1.25. The Morgan fingerprint density at radius 3 is 2.33 bits per heavy atom. The molecule has 0 atom stereocenters. The van der Waals surface area contributed by atoms with Crippen molar-refractivity contribution in [1.29, 1.82) is 0 Å². The van der Waals surface area contributed by atoms with Gasteiger partial charge in [-0.1, -0.05) is 30.3 Å². The van der Waals surface area contributed by atoms with Gasteiger partial charge >= 0.3 is 0 Å². The minimum atomic E-state index is 0.130. The molecule has 1 saturated heterocycles. The van der Waals surface area contributed by atoms with Crippen LogP contribution in [0, 0.1) is 5.92 Å². The van der Waals surface area contributed by atoms with Crippen LogP contribution in [0.4, 0.5) is 0 Å². The van der Waals surface area contributed by atoms with Crippen LogP contribution in [0.5, 0.6) is 5.75 Å². The molecule has 2 aliphatic rings. The van der Waals surface area contributed by atoms with E-state index in [9.17, 15) is 4.79 Å². The van der Waals surface area contributed by atoms with Gasteiger partial charge < -0.3 is 15.0 Å². The number of carbonyl (C=O) groups is 1. The van der Waals surface area contributed by atoms with E-state index in [-0.39, 0.29) is 5.91 Å². The Morgan fingerprint density at radius 1 is 0.963 bits per heavy atom. The zero-order valence-corrected chi connectivity index (χ0v) is 15.8. The molecule has 1 saturated carbocycles. The first-order valence-electron chi connectivity index (χ1n) is 10.1. The molecular weight excluding hydrogens is 336 g/mol. The number of nitrogens with one attached hydrogen (secondary N) is 1. The highest BCUT2D eigenvalue weighted by Crippen LogP contribution is 2.28. The summed E-state index contributed by atoms with van der Waals surface area (Å²) in [6.45, 7) is 3.37. The van der Waals surface area contributed by atoms with Crippen molar-refractivity contribution in [3.8, 4) is 5.75 Å². The fraction of sp³-hybridized carbons (Fsp3) is 0.435. The molecule has 0 radical (unpaired) electrons. The average molecular weight is 364 g/mol. The monoisotopic (exact) mass is 364 g/mol. The zero-order valence-electron chi connectivity index (χ0n) is 15.8. The third-order valence-electron chi connectivity index (χ3n) is 5.52. The summed E-state index contributed by atoms with van der Waals surface area (Å²) >= 11 is 0. The molecule has 2 aromatic rings. The van der Waals surface area contributed by atoms with E-state index in [4.69, 9.17) is 4.74 Å². The molecule has 1 N–H and O–H groups in total. The number of rotatable bonds is 7. The summed E-state index contributed by atoms with van der Waals surface area (Å²) in [5, 5.41) is 3.66. The molecule has 0 aromatic heterocycles. The molecule has 142 valence electrons. The lowest BCUT2D eigenvalue weighted by atomic mass is 10.0. The highest BCUT2D eigenvalue weighted by molar-refractivity contribution is 5.94. The van der Waals surface area contributed by atoms with E-state index in [1.54, 1.807) is 0 Å². The molecule has 1 heterocycles. The maximum absolute atomic E-state index is 12.7. The molecule has 4 rings (SSSR count). The first-order valence-corrected chi connectivity index (χ1v) is 10.1. The predicted molar refractivity (Wildman–Crippen MR) is 107 cm³/mol. The van der Waals surface area contributed by atoms with Gasteiger partial charge in [0, 0.05) is 24.7 Å². The van der Waals surface area contributed by atoms with E-state index in [0.717, 1.165) is 55.3 Å². The minimum Gasteiger partial charge on any atom is -0.489 e. The first kappa shape index (κ1) is 18.1. The van der Waals surface area contributed by atoms with Crippen molar-refractivity contribution < 1.29 is 9.53 Å². The van der Waals surface area contributed by atoms with Gasteiger partial charge in [0.15, 0.2) is 0 Å². The molecule has 1 amide bonds. The summed E-state index contributed by atoms with van der Waals surface area (Å²) in [5.74, 6) is 1.83. The molecule has 0 unspecified atom stereocenters. The first-order chi connectivity index (χ1) is 13.3. The number of hydrogen-bond acceptors (Lipinski definition) is 3. The molecule has 4 heteroatoms. The van der Waals surface area contributed by atoms with Crippen LogP contribution in [0.1, 0.15) is 41.6 Å². The Bertz CT molecular complexity index is 733. The van der Waals surface area contributed by atoms with E-state index < -0.39 is 0 Å². The highest BCUT2D eigenvalue weighted by atomic mass is 16.5. The van der Waals surface area contributed by atoms with Gasteiger partial charge in [0.1, 0.15) is 12.4 Å². The third kappa shape index (κ3) is 5.10. The van der Waals surface area contributed by atoms with Crippen molar-refractivity contribution in [2.75, 3.05) is 19.6 Å². The Hall–Kier alpha value is -2.33. The Labute approximate surface area is 161 Å². The van der Waals surface area contributed by atoms with E-state index >= 15 is 0 Å². The van der Waals surface area contributed by atoms with Crippen molar-refractivity contribution in [1.82, 2.24) is 10.2 Å². The van der Waals surface area contributed by atoms with E-state index in [1.807, 2.05) is 59.5 Å². The Morgan fingerprint density at radius 2 is 1.67 bits per heavy atom. The molecule has 1 aliphatic heterocycles. The van der Waals surface area contributed by atoms with Crippen LogP contribution in [-0.4, -0.2) is 36.5 Å². The molecule has 1 aliphatic carbocycles. The van der Waals surface area contributed by atoms with E-state index in [1.165, 1.54) is 12.8 Å². The van der Waals surface area contributed by atoms with Crippen molar-refractivity contribution in [2.24, 2.45) is 5.92 Å². The van der Waals surface area contributed by atoms with Gasteiger partial charge in [-0.25, -0.2) is 0 Å². The summed E-state index contributed by atoms with van der Waals surface area (Å²) in [5.41, 5.74) is 1.88. The van der Waals surface area contributed by atoms with Gasteiger partial charge in [0.2, 0.25) is 0 Å². The van der Waals surface area contributed by atoms with Gasteiger partial charge in [0.05, 0.1) is 0 Å². The quantitative estimate of drug-likeness (QED) is 0.811. The molecular formula is C23H28N2O2. The number of benzene rings is 2. The summed E-state index contributed by atoms with van der Waals surface area (Å²) < 4.78 is 5.80. The van der Waals surface area contributed by atoms with Crippen molar-refractivity contribution in [2.45, 2.75) is 38.3 Å². The standard InChI is InChI=1S/C23H28N2O2/c26-23(25-14-12-21(13-15-25)24-16-18-6-7-18)20-8-10-22(11-9-20)27-17-19-4-2-1-3-5-19/h1-5,8-11,18,21,24H,6-7,12-17H2.